The lowest BCUT2D eigenvalue weighted by Crippen LogP contribution is -2.37. The van der Waals surface area contributed by atoms with Crippen LogP contribution in [0.1, 0.15) is 20.8 Å². The largest absolute Gasteiger partial charge is 0.353 e. The Kier molecular flexibility index (Phi) is 6.14. The summed E-state index contributed by atoms with van der Waals surface area (Å²) < 4.78 is 15.7. The molecule has 1 aromatic heterocycles. The van der Waals surface area contributed by atoms with Gasteiger partial charge in [0, 0.05) is 6.04 Å². The van der Waals surface area contributed by atoms with E-state index in [1.165, 1.54) is 16.7 Å². The molecule has 0 aliphatic heterocycles. The monoisotopic (exact) mass is 399 g/mol. The van der Waals surface area contributed by atoms with Crippen LogP contribution in [0, 0.1) is 11.7 Å². The van der Waals surface area contributed by atoms with E-state index in [0.29, 0.717) is 16.8 Å². The summed E-state index contributed by atoms with van der Waals surface area (Å²) in [5, 5.41) is 3.60. The Labute approximate surface area is 167 Å². The number of amides is 1. The number of rotatable bonds is 6. The fourth-order valence-electron chi connectivity index (χ4n) is 2.65. The maximum absolute atomic E-state index is 14.4. The highest BCUT2D eigenvalue weighted by Gasteiger charge is 2.18. The number of hydrogen-bond acceptors (Lipinski definition) is 4. The van der Waals surface area contributed by atoms with Gasteiger partial charge in [-0.15, -0.1) is 0 Å². The Hall–Kier alpha value is -2.67. The van der Waals surface area contributed by atoms with E-state index in [9.17, 15) is 14.0 Å². The number of aromatic nitrogens is 2. The highest BCUT2D eigenvalue weighted by Crippen LogP contribution is 2.22. The smallest absolute Gasteiger partial charge is 0.266 e. The predicted molar refractivity (Wildman–Crippen MR) is 110 cm³/mol. The molecule has 1 atom stereocenters. The van der Waals surface area contributed by atoms with E-state index in [1.54, 1.807) is 36.4 Å². The first kappa shape index (κ1) is 20.1. The van der Waals surface area contributed by atoms with E-state index in [2.05, 4.69) is 10.3 Å². The van der Waals surface area contributed by atoms with Crippen LogP contribution in [0.3, 0.4) is 0 Å². The predicted octanol–water partition coefficient (Wildman–Crippen LogP) is 3.78. The van der Waals surface area contributed by atoms with Crippen LogP contribution in [0.4, 0.5) is 4.39 Å². The number of halogens is 1. The van der Waals surface area contributed by atoms with Crippen LogP contribution in [-0.2, 0) is 4.79 Å². The highest BCUT2D eigenvalue weighted by atomic mass is 32.2. The van der Waals surface area contributed by atoms with Crippen molar-refractivity contribution in [3.63, 3.8) is 0 Å². The van der Waals surface area contributed by atoms with Crippen LogP contribution < -0.4 is 10.9 Å². The number of hydrogen-bond donors (Lipinski definition) is 1. The first-order chi connectivity index (χ1) is 13.4. The molecule has 28 heavy (non-hydrogen) atoms. The van der Waals surface area contributed by atoms with Gasteiger partial charge < -0.3 is 5.32 Å². The first-order valence-electron chi connectivity index (χ1n) is 9.07. The van der Waals surface area contributed by atoms with E-state index < -0.39 is 5.82 Å². The molecule has 3 aromatic rings. The third kappa shape index (κ3) is 4.25. The summed E-state index contributed by atoms with van der Waals surface area (Å²) in [5.74, 6) is -0.296. The Balaban J connectivity index is 2.01. The fraction of sp³-hybridized carbons (Fsp3) is 0.286. The Morgan fingerprint density at radius 2 is 1.82 bits per heavy atom. The molecule has 0 unspecified atom stereocenters. The Morgan fingerprint density at radius 1 is 1.14 bits per heavy atom. The summed E-state index contributed by atoms with van der Waals surface area (Å²) in [6.45, 7) is 5.99. The quantitative estimate of drug-likeness (QED) is 0.506. The van der Waals surface area contributed by atoms with Crippen molar-refractivity contribution in [2.75, 3.05) is 5.75 Å². The summed E-state index contributed by atoms with van der Waals surface area (Å²) in [6, 6.07) is 13.0. The molecule has 0 fully saturated rings. The Bertz CT molecular complexity index is 1060. The molecule has 3 rings (SSSR count). The van der Waals surface area contributed by atoms with Crippen molar-refractivity contribution < 1.29 is 9.18 Å². The van der Waals surface area contributed by atoms with Gasteiger partial charge in [0.15, 0.2) is 5.16 Å². The van der Waals surface area contributed by atoms with Crippen molar-refractivity contribution in [1.29, 1.82) is 0 Å². The number of para-hydroxylation sites is 2. The third-order valence-corrected chi connectivity index (χ3v) is 5.50. The number of carbonyl (C=O) groups is 1. The molecule has 0 saturated heterocycles. The molecule has 7 heteroatoms. The van der Waals surface area contributed by atoms with Crippen LogP contribution in [-0.4, -0.2) is 27.3 Å². The van der Waals surface area contributed by atoms with Crippen molar-refractivity contribution in [3.8, 4) is 5.69 Å². The zero-order valence-corrected chi connectivity index (χ0v) is 16.8. The van der Waals surface area contributed by atoms with Crippen molar-refractivity contribution in [2.45, 2.75) is 32.0 Å². The van der Waals surface area contributed by atoms with Crippen LogP contribution in [0.15, 0.2) is 58.5 Å². The number of thioether (sulfide) groups is 1. The summed E-state index contributed by atoms with van der Waals surface area (Å²) >= 11 is 1.11. The van der Waals surface area contributed by atoms with Gasteiger partial charge in [-0.3, -0.25) is 14.2 Å². The topological polar surface area (TPSA) is 64.0 Å². The normalized spacial score (nSPS) is 12.3. The molecular weight excluding hydrogens is 377 g/mol. The second kappa shape index (κ2) is 8.56. The molecule has 5 nitrogen and oxygen atoms in total. The fourth-order valence-corrected chi connectivity index (χ4v) is 3.46. The van der Waals surface area contributed by atoms with Crippen LogP contribution in [0.25, 0.3) is 16.6 Å². The van der Waals surface area contributed by atoms with E-state index in [-0.39, 0.29) is 34.1 Å². The van der Waals surface area contributed by atoms with Crippen molar-refractivity contribution >= 4 is 28.6 Å². The lowest BCUT2D eigenvalue weighted by atomic mass is 10.1. The van der Waals surface area contributed by atoms with Gasteiger partial charge >= 0.3 is 0 Å². The Morgan fingerprint density at radius 3 is 2.54 bits per heavy atom. The zero-order valence-electron chi connectivity index (χ0n) is 16.0. The van der Waals surface area contributed by atoms with E-state index in [0.717, 1.165) is 11.8 Å². The van der Waals surface area contributed by atoms with Gasteiger partial charge in [-0.05, 0) is 37.1 Å². The van der Waals surface area contributed by atoms with Crippen LogP contribution >= 0.6 is 11.8 Å². The van der Waals surface area contributed by atoms with Gasteiger partial charge in [-0.25, -0.2) is 9.37 Å². The summed E-state index contributed by atoms with van der Waals surface area (Å²) in [4.78, 5) is 29.8. The molecule has 1 N–H and O–H groups in total. The lowest BCUT2D eigenvalue weighted by molar-refractivity contribution is -0.119. The van der Waals surface area contributed by atoms with Crippen LogP contribution in [0.5, 0.6) is 0 Å². The molecule has 0 saturated carbocycles. The van der Waals surface area contributed by atoms with Gasteiger partial charge in [-0.1, -0.05) is 49.9 Å². The van der Waals surface area contributed by atoms with Crippen molar-refractivity contribution in [3.05, 3.63) is 64.7 Å². The molecule has 1 amide bonds. The average Bonchev–Trinajstić information content (AvgIpc) is 2.67. The molecule has 0 spiro atoms. The van der Waals surface area contributed by atoms with Gasteiger partial charge in [0.1, 0.15) is 5.82 Å². The minimum atomic E-state index is -0.526. The molecule has 0 bridgehead atoms. The molecular formula is C21H22FN3O2S. The number of carbonyl (C=O) groups excluding carboxylic acids is 1. The minimum absolute atomic E-state index is 0.0337. The number of benzene rings is 2. The number of nitrogens with zero attached hydrogens (tertiary/aromatic N) is 2. The first-order valence-corrected chi connectivity index (χ1v) is 10.1. The average molecular weight is 399 g/mol. The van der Waals surface area contributed by atoms with Gasteiger partial charge in [0.2, 0.25) is 5.91 Å². The van der Waals surface area contributed by atoms with Crippen molar-refractivity contribution in [1.82, 2.24) is 14.9 Å². The third-order valence-electron chi connectivity index (χ3n) is 4.56. The molecule has 146 valence electrons. The minimum Gasteiger partial charge on any atom is -0.353 e. The summed E-state index contributed by atoms with van der Waals surface area (Å²) in [5.41, 5.74) is 0.261. The van der Waals surface area contributed by atoms with E-state index in [4.69, 9.17) is 0 Å². The van der Waals surface area contributed by atoms with Crippen molar-refractivity contribution in [2.24, 2.45) is 5.92 Å². The van der Waals surface area contributed by atoms with Crippen LogP contribution in [0.2, 0.25) is 0 Å². The number of fused-ring (bicyclic) bond motifs is 1. The molecule has 0 aliphatic rings. The molecule has 0 aliphatic carbocycles. The van der Waals surface area contributed by atoms with Gasteiger partial charge in [-0.2, -0.15) is 0 Å². The zero-order chi connectivity index (χ0) is 20.3. The van der Waals surface area contributed by atoms with E-state index in [1.807, 2.05) is 20.8 Å². The highest BCUT2D eigenvalue weighted by molar-refractivity contribution is 7.99. The second-order valence-electron chi connectivity index (χ2n) is 6.89. The van der Waals surface area contributed by atoms with Gasteiger partial charge in [0.05, 0.1) is 22.3 Å². The van der Waals surface area contributed by atoms with Gasteiger partial charge in [0.25, 0.3) is 5.56 Å². The van der Waals surface area contributed by atoms with E-state index >= 15 is 0 Å². The lowest BCUT2D eigenvalue weighted by Gasteiger charge is -2.18. The summed E-state index contributed by atoms with van der Waals surface area (Å²) in [6.07, 6.45) is 0. The number of nitrogens with one attached hydrogen (secondary N) is 1. The molecule has 2 aromatic carbocycles. The standard InChI is InChI=1S/C21H22FN3O2S/c1-13(2)14(3)23-19(26)12-28-21-24-17-10-6-4-8-15(17)20(27)25(21)18-11-7-5-9-16(18)22/h4-11,13-14H,12H2,1-3H3,(H,23,26)/t14-/m1/s1. The molecule has 0 radical (unpaired) electrons. The maximum Gasteiger partial charge on any atom is 0.266 e. The molecule has 1 heterocycles. The maximum atomic E-state index is 14.4. The SMILES string of the molecule is CC(C)[C@@H](C)NC(=O)CSc1nc2ccccc2c(=O)n1-c1ccccc1F. The summed E-state index contributed by atoms with van der Waals surface area (Å²) in [7, 11) is 0. The second-order valence-corrected chi connectivity index (χ2v) is 7.83.